The third kappa shape index (κ3) is 4.32. The molecule has 1 amide bonds. The molecule has 1 aromatic carbocycles. The Bertz CT molecular complexity index is 759. The highest BCUT2D eigenvalue weighted by molar-refractivity contribution is 6.31. The van der Waals surface area contributed by atoms with E-state index in [9.17, 15) is 19.7 Å². The number of hydrogen-bond acceptors (Lipinski definition) is 6. The van der Waals surface area contributed by atoms with Crippen LogP contribution in [0.3, 0.4) is 0 Å². The van der Waals surface area contributed by atoms with Crippen LogP contribution in [0.2, 0.25) is 5.02 Å². The number of ether oxygens (including phenoxy) is 1. The van der Waals surface area contributed by atoms with E-state index in [-0.39, 0.29) is 17.1 Å². The Morgan fingerprint density at radius 2 is 2.12 bits per heavy atom. The molecule has 0 aliphatic carbocycles. The van der Waals surface area contributed by atoms with Gasteiger partial charge in [0, 0.05) is 18.1 Å². The second-order valence-corrected chi connectivity index (χ2v) is 5.26. The molecule has 9 heteroatoms. The number of rotatable bonds is 6. The van der Waals surface area contributed by atoms with Gasteiger partial charge in [-0.3, -0.25) is 14.9 Å². The van der Waals surface area contributed by atoms with Crippen LogP contribution in [0, 0.1) is 10.1 Å². The van der Waals surface area contributed by atoms with Gasteiger partial charge in [-0.25, -0.2) is 4.79 Å². The second-order valence-electron chi connectivity index (χ2n) is 4.82. The van der Waals surface area contributed by atoms with Crippen LogP contribution >= 0.6 is 11.6 Å². The van der Waals surface area contributed by atoms with E-state index in [1.54, 1.807) is 12.1 Å². The molecule has 0 aliphatic rings. The smallest absolute Gasteiger partial charge is 0.345 e. The quantitative estimate of drug-likeness (QED) is 0.450. The molecule has 0 spiro atoms. The summed E-state index contributed by atoms with van der Waals surface area (Å²) >= 11 is 5.74. The molecule has 8 nitrogen and oxygen atoms in total. The number of benzene rings is 1. The van der Waals surface area contributed by atoms with Crippen molar-refractivity contribution < 1.29 is 23.7 Å². The maximum atomic E-state index is 12.0. The molecule has 24 heavy (non-hydrogen) atoms. The molecule has 0 bridgehead atoms. The summed E-state index contributed by atoms with van der Waals surface area (Å²) in [6.45, 7) is -0.347. The van der Waals surface area contributed by atoms with Gasteiger partial charge in [0.1, 0.15) is 11.3 Å². The summed E-state index contributed by atoms with van der Waals surface area (Å²) in [5.41, 5.74) is -0.755. The number of nitro groups is 1. The number of hydrogen-bond donors (Lipinski definition) is 0. The Balaban J connectivity index is 1.99. The Morgan fingerprint density at radius 1 is 1.38 bits per heavy atom. The maximum absolute atomic E-state index is 12.0. The fourth-order valence-electron chi connectivity index (χ4n) is 1.87. The first-order valence-electron chi connectivity index (χ1n) is 6.76. The molecular formula is C15H13ClN2O6. The summed E-state index contributed by atoms with van der Waals surface area (Å²) in [5.74, 6) is -0.906. The summed E-state index contributed by atoms with van der Waals surface area (Å²) < 4.78 is 9.97. The monoisotopic (exact) mass is 352 g/mol. The Hall–Kier alpha value is -2.87. The average molecular weight is 353 g/mol. The molecule has 126 valence electrons. The number of amides is 1. The molecule has 1 heterocycles. The van der Waals surface area contributed by atoms with Crippen LogP contribution in [0.15, 0.2) is 41.0 Å². The highest BCUT2D eigenvalue weighted by Gasteiger charge is 2.23. The van der Waals surface area contributed by atoms with E-state index in [1.165, 1.54) is 24.3 Å². The Labute approximate surface area is 141 Å². The molecule has 0 aliphatic heterocycles. The molecule has 2 rings (SSSR count). The Kier molecular flexibility index (Phi) is 5.54. The number of carbonyl (C=O) groups is 2. The van der Waals surface area contributed by atoms with Crippen LogP contribution in [0.5, 0.6) is 0 Å². The lowest BCUT2D eigenvalue weighted by Gasteiger charge is -2.15. The van der Waals surface area contributed by atoms with Crippen molar-refractivity contribution in [3.8, 4) is 0 Å². The average Bonchev–Trinajstić information content (AvgIpc) is 3.04. The number of furan rings is 1. The summed E-state index contributed by atoms with van der Waals surface area (Å²) in [6.07, 6.45) is 1.48. The van der Waals surface area contributed by atoms with E-state index in [2.05, 4.69) is 0 Å². The van der Waals surface area contributed by atoms with E-state index < -0.39 is 29.1 Å². The van der Waals surface area contributed by atoms with Crippen molar-refractivity contribution in [2.24, 2.45) is 0 Å². The van der Waals surface area contributed by atoms with E-state index in [0.29, 0.717) is 5.76 Å². The minimum absolute atomic E-state index is 0.147. The molecular weight excluding hydrogens is 340 g/mol. The van der Waals surface area contributed by atoms with E-state index in [1.807, 2.05) is 0 Å². The van der Waals surface area contributed by atoms with Crippen LogP contribution in [-0.2, 0) is 16.1 Å². The van der Waals surface area contributed by atoms with Crippen molar-refractivity contribution in [3.63, 3.8) is 0 Å². The molecule has 0 unspecified atom stereocenters. The summed E-state index contributed by atoms with van der Waals surface area (Å²) in [7, 11) is 1.51. The van der Waals surface area contributed by atoms with Gasteiger partial charge in [-0.2, -0.15) is 0 Å². The molecule has 0 saturated carbocycles. The van der Waals surface area contributed by atoms with Crippen molar-refractivity contribution in [2.75, 3.05) is 13.7 Å². The zero-order chi connectivity index (χ0) is 17.7. The first kappa shape index (κ1) is 17.5. The number of likely N-dealkylation sites (N-methyl/N-ethyl adjacent to an activating group) is 1. The highest BCUT2D eigenvalue weighted by Crippen LogP contribution is 2.23. The zero-order valence-electron chi connectivity index (χ0n) is 12.6. The zero-order valence-corrected chi connectivity index (χ0v) is 13.4. The van der Waals surface area contributed by atoms with Crippen molar-refractivity contribution in [2.45, 2.75) is 6.54 Å². The number of carbonyl (C=O) groups excluding carboxylic acids is 2. The van der Waals surface area contributed by atoms with Gasteiger partial charge in [0.15, 0.2) is 6.61 Å². The number of nitrogens with zero attached hydrogens (tertiary/aromatic N) is 2. The maximum Gasteiger partial charge on any atom is 0.345 e. The van der Waals surface area contributed by atoms with Crippen molar-refractivity contribution >= 4 is 29.2 Å². The van der Waals surface area contributed by atoms with Crippen molar-refractivity contribution in [1.29, 1.82) is 0 Å². The first-order valence-corrected chi connectivity index (χ1v) is 7.13. The summed E-state index contributed by atoms with van der Waals surface area (Å²) in [4.78, 5) is 35.4. The largest absolute Gasteiger partial charge is 0.467 e. The van der Waals surface area contributed by atoms with Gasteiger partial charge in [-0.1, -0.05) is 11.6 Å². The lowest BCUT2D eigenvalue weighted by Crippen LogP contribution is -2.30. The van der Waals surface area contributed by atoms with Crippen LogP contribution in [0.4, 0.5) is 5.69 Å². The molecule has 0 atom stereocenters. The SMILES string of the molecule is CN(Cc1ccco1)C(=O)COC(=O)c1cc(Cl)ccc1[N+](=O)[O-]. The van der Waals surface area contributed by atoms with Crippen LogP contribution < -0.4 is 0 Å². The predicted octanol–water partition coefficient (Wildman–Crippen LogP) is 2.66. The predicted molar refractivity (Wildman–Crippen MR) is 83.6 cm³/mol. The van der Waals surface area contributed by atoms with Gasteiger partial charge in [0.05, 0.1) is 17.7 Å². The third-order valence-electron chi connectivity index (χ3n) is 3.10. The molecule has 0 radical (unpaired) electrons. The van der Waals surface area contributed by atoms with Crippen LogP contribution in [0.1, 0.15) is 16.1 Å². The molecule has 0 saturated heterocycles. The third-order valence-corrected chi connectivity index (χ3v) is 3.34. The number of nitro benzene ring substituents is 1. The van der Waals surface area contributed by atoms with Gasteiger partial charge in [-0.05, 0) is 24.3 Å². The highest BCUT2D eigenvalue weighted by atomic mass is 35.5. The Morgan fingerprint density at radius 3 is 2.75 bits per heavy atom. The van der Waals surface area contributed by atoms with Gasteiger partial charge in [0.25, 0.3) is 11.6 Å². The van der Waals surface area contributed by atoms with E-state index >= 15 is 0 Å². The molecule has 0 N–H and O–H groups in total. The van der Waals surface area contributed by atoms with Gasteiger partial charge < -0.3 is 14.1 Å². The lowest BCUT2D eigenvalue weighted by atomic mass is 10.2. The standard InChI is InChI=1S/C15H13ClN2O6/c1-17(8-11-3-2-6-23-11)14(19)9-24-15(20)12-7-10(16)4-5-13(12)18(21)22/h2-7H,8-9H2,1H3. The van der Waals surface area contributed by atoms with Crippen LogP contribution in [-0.4, -0.2) is 35.4 Å². The van der Waals surface area contributed by atoms with Crippen molar-refractivity contribution in [1.82, 2.24) is 4.90 Å². The molecule has 0 fully saturated rings. The topological polar surface area (TPSA) is 103 Å². The van der Waals surface area contributed by atoms with Crippen molar-refractivity contribution in [3.05, 3.63) is 63.1 Å². The minimum atomic E-state index is -0.996. The fourth-order valence-corrected chi connectivity index (χ4v) is 2.04. The minimum Gasteiger partial charge on any atom is -0.467 e. The fraction of sp³-hybridized carbons (Fsp3) is 0.200. The molecule has 1 aromatic heterocycles. The van der Waals surface area contributed by atoms with Crippen LogP contribution in [0.25, 0.3) is 0 Å². The second kappa shape index (κ2) is 7.60. The van der Waals surface area contributed by atoms with E-state index in [4.69, 9.17) is 20.8 Å². The lowest BCUT2D eigenvalue weighted by molar-refractivity contribution is -0.385. The van der Waals surface area contributed by atoms with Gasteiger partial charge >= 0.3 is 5.97 Å². The first-order chi connectivity index (χ1) is 11.4. The number of halogens is 1. The number of esters is 1. The normalized spacial score (nSPS) is 10.2. The van der Waals surface area contributed by atoms with Gasteiger partial charge in [0.2, 0.25) is 0 Å². The summed E-state index contributed by atoms with van der Waals surface area (Å²) in [5, 5.41) is 11.1. The van der Waals surface area contributed by atoms with Gasteiger partial charge in [-0.15, -0.1) is 0 Å². The summed E-state index contributed by atoms with van der Waals surface area (Å²) in [6, 6.07) is 6.90. The molecule has 2 aromatic rings. The van der Waals surface area contributed by atoms with E-state index in [0.717, 1.165) is 12.1 Å².